The summed E-state index contributed by atoms with van der Waals surface area (Å²) < 4.78 is 11.1. The number of carbonyl (C=O) groups excluding carboxylic acids is 2. The van der Waals surface area contributed by atoms with Gasteiger partial charge in [0.2, 0.25) is 0 Å². The third-order valence-corrected chi connectivity index (χ3v) is 7.92. The van der Waals surface area contributed by atoms with Crippen molar-refractivity contribution in [2.75, 3.05) is 6.61 Å². The Morgan fingerprint density at radius 3 is 2.09 bits per heavy atom. The summed E-state index contributed by atoms with van der Waals surface area (Å²) in [4.78, 5) is 38.8. The van der Waals surface area contributed by atoms with Crippen molar-refractivity contribution in [1.82, 2.24) is 0 Å². The van der Waals surface area contributed by atoms with Crippen molar-refractivity contribution in [3.8, 4) is 23.0 Å². The molecule has 14 nitrogen and oxygen atoms in total. The van der Waals surface area contributed by atoms with Gasteiger partial charge in [-0.1, -0.05) is 36.4 Å². The molecule has 9 N–H and O–H groups in total. The largest absolute Gasteiger partial charge is 0.507 e. The molecule has 0 unspecified atom stereocenters. The Kier molecular flexibility index (Phi) is 10.1. The van der Waals surface area contributed by atoms with Gasteiger partial charge in [-0.05, 0) is 54.0 Å². The fraction of sp³-hybridized carbons (Fsp3) is 0.242. The number of carboxylic acid groups (broad SMARTS) is 1. The standard InChI is InChI=1S/C33H32O14/c34-17-33(47-28(41)11-7-19-6-9-22(35)25(38)13-19)27(40)16-32(45,31(43)44)21(12-18-4-2-1-3-5-18)30(33)46-29(42)15-24(37)20-8-10-23(36)26(39)14-20/h1-11,13-15,21,27,30,34-40,45H,12,16-17H2,(H,43,44)/b11-7+,24-15-/t21-,27+,30+,32+,33-/m0/s1. The summed E-state index contributed by atoms with van der Waals surface area (Å²) in [5, 5.41) is 92.5. The van der Waals surface area contributed by atoms with Gasteiger partial charge in [-0.2, -0.15) is 0 Å². The van der Waals surface area contributed by atoms with Crippen molar-refractivity contribution in [2.45, 2.75) is 36.3 Å². The average Bonchev–Trinajstić information content (AvgIpc) is 3.03. The van der Waals surface area contributed by atoms with E-state index in [0.717, 1.165) is 42.5 Å². The van der Waals surface area contributed by atoms with Gasteiger partial charge in [-0.3, -0.25) is 0 Å². The number of hydrogen-bond acceptors (Lipinski definition) is 13. The van der Waals surface area contributed by atoms with E-state index < -0.39 is 89.0 Å². The lowest BCUT2D eigenvalue weighted by atomic mass is 9.63. The van der Waals surface area contributed by atoms with E-state index in [1.807, 2.05) is 0 Å². The molecular weight excluding hydrogens is 620 g/mol. The van der Waals surface area contributed by atoms with Crippen molar-refractivity contribution in [3.63, 3.8) is 0 Å². The van der Waals surface area contributed by atoms with Gasteiger partial charge in [0.05, 0.1) is 12.7 Å². The Hall–Kier alpha value is -5.57. The first kappa shape index (κ1) is 34.3. The number of hydrogen-bond donors (Lipinski definition) is 9. The number of aliphatic hydroxyl groups is 4. The van der Waals surface area contributed by atoms with Gasteiger partial charge in [0.1, 0.15) is 11.9 Å². The van der Waals surface area contributed by atoms with Crippen LogP contribution < -0.4 is 0 Å². The second-order valence-electron chi connectivity index (χ2n) is 11.0. The Bertz CT molecular complexity index is 1700. The van der Waals surface area contributed by atoms with Crippen LogP contribution in [0.4, 0.5) is 0 Å². The van der Waals surface area contributed by atoms with Gasteiger partial charge in [0.25, 0.3) is 0 Å². The highest BCUT2D eigenvalue weighted by Gasteiger charge is 2.66. The van der Waals surface area contributed by atoms with E-state index in [4.69, 9.17) is 9.47 Å². The van der Waals surface area contributed by atoms with Crippen LogP contribution in [0.15, 0.2) is 78.9 Å². The van der Waals surface area contributed by atoms with Crippen molar-refractivity contribution in [2.24, 2.45) is 5.92 Å². The summed E-state index contributed by atoms with van der Waals surface area (Å²) >= 11 is 0. The Morgan fingerprint density at radius 2 is 1.49 bits per heavy atom. The third-order valence-electron chi connectivity index (χ3n) is 7.92. The smallest absolute Gasteiger partial charge is 0.336 e. The van der Waals surface area contributed by atoms with E-state index in [1.54, 1.807) is 30.3 Å². The van der Waals surface area contributed by atoms with Crippen molar-refractivity contribution < 1.29 is 69.8 Å². The monoisotopic (exact) mass is 652 g/mol. The quantitative estimate of drug-likeness (QED) is 0.0655. The number of esters is 2. The molecule has 0 amide bonds. The number of phenols is 4. The maximum Gasteiger partial charge on any atom is 0.336 e. The molecule has 248 valence electrons. The van der Waals surface area contributed by atoms with Gasteiger partial charge in [-0.15, -0.1) is 0 Å². The third kappa shape index (κ3) is 7.30. The predicted molar refractivity (Wildman–Crippen MR) is 162 cm³/mol. The van der Waals surface area contributed by atoms with Crippen molar-refractivity contribution in [1.29, 1.82) is 0 Å². The molecule has 0 aromatic heterocycles. The van der Waals surface area contributed by atoms with Crippen LogP contribution in [0.25, 0.3) is 11.8 Å². The van der Waals surface area contributed by atoms with Gasteiger partial charge in [0, 0.05) is 24.0 Å². The zero-order chi connectivity index (χ0) is 34.5. The summed E-state index contributed by atoms with van der Waals surface area (Å²) in [5.74, 6) is -8.89. The molecule has 0 aliphatic heterocycles. The number of rotatable bonds is 10. The molecule has 47 heavy (non-hydrogen) atoms. The van der Waals surface area contributed by atoms with Crippen LogP contribution in [0, 0.1) is 5.92 Å². The van der Waals surface area contributed by atoms with Crippen LogP contribution in [-0.4, -0.2) is 93.9 Å². The van der Waals surface area contributed by atoms with E-state index >= 15 is 0 Å². The van der Waals surface area contributed by atoms with Crippen LogP contribution in [0.3, 0.4) is 0 Å². The lowest BCUT2D eigenvalue weighted by Gasteiger charge is -2.52. The van der Waals surface area contributed by atoms with Gasteiger partial charge >= 0.3 is 17.9 Å². The van der Waals surface area contributed by atoms with Crippen molar-refractivity contribution in [3.05, 3.63) is 95.6 Å². The van der Waals surface area contributed by atoms with Gasteiger partial charge in [-0.25, -0.2) is 14.4 Å². The fourth-order valence-corrected chi connectivity index (χ4v) is 5.39. The average molecular weight is 653 g/mol. The molecule has 14 heteroatoms. The molecule has 1 saturated carbocycles. The normalized spacial score (nSPS) is 24.5. The summed E-state index contributed by atoms with van der Waals surface area (Å²) in [6.07, 6.45) is -2.96. The number of aromatic hydroxyl groups is 4. The van der Waals surface area contributed by atoms with Gasteiger partial charge < -0.3 is 55.4 Å². The minimum absolute atomic E-state index is 0.144. The topological polar surface area (TPSA) is 252 Å². The van der Waals surface area contributed by atoms with Crippen molar-refractivity contribution >= 4 is 29.7 Å². The molecule has 1 aliphatic rings. The molecule has 3 aromatic carbocycles. The summed E-state index contributed by atoms with van der Waals surface area (Å²) in [6, 6.07) is 14.8. The van der Waals surface area contributed by atoms with E-state index in [9.17, 15) is 60.3 Å². The highest BCUT2D eigenvalue weighted by atomic mass is 16.6. The lowest BCUT2D eigenvalue weighted by Crippen LogP contribution is -2.72. The molecule has 1 fully saturated rings. The SMILES string of the molecule is O=C(/C=C(\O)c1ccc(O)c(O)c1)O[C@@H]1[C@H](Cc2ccccc2)[C@@](O)(C(=O)O)C[C@@H](O)[C@]1(CO)OC(=O)/C=C/c1ccc(O)c(O)c1. The molecule has 0 bridgehead atoms. The summed E-state index contributed by atoms with van der Waals surface area (Å²) in [7, 11) is 0. The van der Waals surface area contributed by atoms with E-state index in [-0.39, 0.29) is 17.5 Å². The number of aliphatic hydroxyl groups excluding tert-OH is 3. The first-order valence-corrected chi connectivity index (χ1v) is 14.1. The Labute approximate surface area is 266 Å². The Balaban J connectivity index is 1.78. The van der Waals surface area contributed by atoms with Crippen LogP contribution in [0.5, 0.6) is 23.0 Å². The second kappa shape index (κ2) is 13.8. The molecule has 1 aliphatic carbocycles. The predicted octanol–water partition coefficient (Wildman–Crippen LogP) is 1.75. The van der Waals surface area contributed by atoms with Crippen LogP contribution in [0.2, 0.25) is 0 Å². The molecule has 0 saturated heterocycles. The summed E-state index contributed by atoms with van der Waals surface area (Å²) in [5.41, 5.74) is -4.83. The fourth-order valence-electron chi connectivity index (χ4n) is 5.39. The van der Waals surface area contributed by atoms with E-state index in [1.165, 1.54) is 6.07 Å². The lowest BCUT2D eigenvalue weighted by molar-refractivity contribution is -0.266. The minimum atomic E-state index is -2.79. The molecule has 0 spiro atoms. The van der Waals surface area contributed by atoms with E-state index in [0.29, 0.717) is 11.6 Å². The van der Waals surface area contributed by atoms with E-state index in [2.05, 4.69) is 0 Å². The number of aliphatic carboxylic acids is 1. The molecular formula is C33H32O14. The molecule has 0 radical (unpaired) electrons. The van der Waals surface area contributed by atoms with Crippen LogP contribution in [-0.2, 0) is 30.3 Å². The zero-order valence-electron chi connectivity index (χ0n) is 24.5. The highest BCUT2D eigenvalue weighted by Crippen LogP contribution is 2.46. The number of benzene rings is 3. The first-order chi connectivity index (χ1) is 22.2. The molecule has 5 atom stereocenters. The number of phenolic OH excluding ortho intramolecular Hbond substituents is 4. The zero-order valence-corrected chi connectivity index (χ0v) is 24.5. The Morgan fingerprint density at radius 1 is 0.851 bits per heavy atom. The van der Waals surface area contributed by atoms with Gasteiger partial charge in [0.15, 0.2) is 40.3 Å². The molecule has 3 aromatic rings. The molecule has 4 rings (SSSR count). The van der Waals surface area contributed by atoms with Crippen LogP contribution >= 0.6 is 0 Å². The second-order valence-corrected chi connectivity index (χ2v) is 11.0. The van der Waals surface area contributed by atoms with Crippen LogP contribution in [0.1, 0.15) is 23.1 Å². The molecule has 0 heterocycles. The minimum Gasteiger partial charge on any atom is -0.507 e. The number of carbonyl (C=O) groups is 3. The number of ether oxygens (including phenoxy) is 2. The number of carboxylic acids is 1. The maximum absolute atomic E-state index is 13.2. The summed E-state index contributed by atoms with van der Waals surface area (Å²) in [6.45, 7) is -1.23. The first-order valence-electron chi connectivity index (χ1n) is 14.1. The highest BCUT2D eigenvalue weighted by molar-refractivity contribution is 5.90. The maximum atomic E-state index is 13.2.